The molecule has 6 heteroatoms. The average Bonchev–Trinajstić information content (AvgIpc) is 2.89. The highest BCUT2D eigenvalue weighted by Crippen LogP contribution is 2.18. The van der Waals surface area contributed by atoms with Crippen LogP contribution in [0.15, 0.2) is 24.4 Å². The Morgan fingerprint density at radius 2 is 2.00 bits per heavy atom. The number of hydrogen-bond donors (Lipinski definition) is 2. The Bertz CT molecular complexity index is 535. The lowest BCUT2D eigenvalue weighted by molar-refractivity contribution is 0.175. The minimum atomic E-state index is 0. The number of rotatable bonds is 4. The van der Waals surface area contributed by atoms with Crippen molar-refractivity contribution >= 4 is 35.8 Å². The standard InChI is InChI=1S/C15H22N4.2ClH/c1-16-10-12-5-8-19(9-6-12)11-14-3-2-13-4-7-17-15(13)18-14;;/h2-4,7,12,16H,5-6,8-11H2,1H3,(H,17,18);2*1H. The Hall–Kier alpha value is -0.810. The van der Waals surface area contributed by atoms with Crippen LogP contribution in [0.2, 0.25) is 0 Å². The first-order valence-corrected chi connectivity index (χ1v) is 7.15. The summed E-state index contributed by atoms with van der Waals surface area (Å²) in [6.07, 6.45) is 4.54. The van der Waals surface area contributed by atoms with Crippen LogP contribution in [-0.2, 0) is 6.54 Å². The van der Waals surface area contributed by atoms with Gasteiger partial charge in [-0.2, -0.15) is 0 Å². The number of fused-ring (bicyclic) bond motifs is 1. The summed E-state index contributed by atoms with van der Waals surface area (Å²) < 4.78 is 0. The third-order valence-electron chi connectivity index (χ3n) is 4.05. The molecule has 2 N–H and O–H groups in total. The van der Waals surface area contributed by atoms with Crippen molar-refractivity contribution in [3.63, 3.8) is 0 Å². The molecule has 0 atom stereocenters. The molecule has 2 aromatic heterocycles. The van der Waals surface area contributed by atoms with Crippen LogP contribution in [0.25, 0.3) is 11.0 Å². The highest BCUT2D eigenvalue weighted by Gasteiger charge is 2.18. The van der Waals surface area contributed by atoms with Crippen LogP contribution >= 0.6 is 24.8 Å². The highest BCUT2D eigenvalue weighted by atomic mass is 35.5. The molecule has 0 amide bonds. The fourth-order valence-electron chi connectivity index (χ4n) is 2.93. The molecule has 4 nitrogen and oxygen atoms in total. The first kappa shape index (κ1) is 18.2. The quantitative estimate of drug-likeness (QED) is 0.905. The van der Waals surface area contributed by atoms with Crippen LogP contribution in [0.1, 0.15) is 18.5 Å². The zero-order chi connectivity index (χ0) is 13.1. The van der Waals surface area contributed by atoms with E-state index < -0.39 is 0 Å². The van der Waals surface area contributed by atoms with Gasteiger partial charge in [-0.05, 0) is 63.6 Å². The molecule has 0 unspecified atom stereocenters. The van der Waals surface area contributed by atoms with Gasteiger partial charge in [0.05, 0.1) is 5.69 Å². The van der Waals surface area contributed by atoms with Gasteiger partial charge in [-0.25, -0.2) is 4.98 Å². The number of aromatic nitrogens is 2. The third kappa shape index (κ3) is 4.58. The van der Waals surface area contributed by atoms with Crippen molar-refractivity contribution in [2.75, 3.05) is 26.7 Å². The fraction of sp³-hybridized carbons (Fsp3) is 0.533. The normalized spacial score (nSPS) is 16.4. The molecule has 0 saturated carbocycles. The van der Waals surface area contributed by atoms with E-state index >= 15 is 0 Å². The molecular weight excluding hydrogens is 307 g/mol. The Balaban J connectivity index is 0.00000110. The topological polar surface area (TPSA) is 44.0 Å². The lowest BCUT2D eigenvalue weighted by atomic mass is 9.97. The summed E-state index contributed by atoms with van der Waals surface area (Å²) in [6, 6.07) is 6.37. The van der Waals surface area contributed by atoms with Gasteiger partial charge >= 0.3 is 0 Å². The Kier molecular flexibility index (Phi) is 7.46. The van der Waals surface area contributed by atoms with E-state index in [1.807, 2.05) is 13.2 Å². The zero-order valence-electron chi connectivity index (χ0n) is 12.3. The third-order valence-corrected chi connectivity index (χ3v) is 4.05. The van der Waals surface area contributed by atoms with Gasteiger partial charge in [-0.15, -0.1) is 24.8 Å². The van der Waals surface area contributed by atoms with Gasteiger partial charge in [0, 0.05) is 18.1 Å². The van der Waals surface area contributed by atoms with Crippen LogP contribution in [-0.4, -0.2) is 41.5 Å². The van der Waals surface area contributed by atoms with Gasteiger partial charge in [0.2, 0.25) is 0 Å². The molecule has 3 rings (SSSR count). The number of likely N-dealkylation sites (tertiary alicyclic amines) is 1. The minimum absolute atomic E-state index is 0. The van der Waals surface area contributed by atoms with Crippen molar-refractivity contribution in [3.05, 3.63) is 30.1 Å². The molecule has 3 heterocycles. The van der Waals surface area contributed by atoms with E-state index in [1.165, 1.54) is 37.0 Å². The second-order valence-corrected chi connectivity index (χ2v) is 5.50. The zero-order valence-corrected chi connectivity index (χ0v) is 14.0. The summed E-state index contributed by atoms with van der Waals surface area (Å²) in [7, 11) is 2.04. The largest absolute Gasteiger partial charge is 0.346 e. The number of halogens is 2. The van der Waals surface area contributed by atoms with Gasteiger partial charge in [0.25, 0.3) is 0 Å². The van der Waals surface area contributed by atoms with E-state index in [9.17, 15) is 0 Å². The molecule has 0 aromatic carbocycles. The summed E-state index contributed by atoms with van der Waals surface area (Å²) in [5.74, 6) is 0.847. The summed E-state index contributed by atoms with van der Waals surface area (Å²) in [6.45, 7) is 4.51. The Labute approximate surface area is 138 Å². The number of hydrogen-bond acceptors (Lipinski definition) is 3. The molecule has 2 aromatic rings. The van der Waals surface area contributed by atoms with Crippen LogP contribution in [0.3, 0.4) is 0 Å². The maximum Gasteiger partial charge on any atom is 0.137 e. The molecule has 1 fully saturated rings. The smallest absolute Gasteiger partial charge is 0.137 e. The second-order valence-electron chi connectivity index (χ2n) is 5.50. The number of aromatic amines is 1. The lowest BCUT2D eigenvalue weighted by Crippen LogP contribution is -2.36. The molecule has 0 radical (unpaired) electrons. The molecular formula is C15H24Cl2N4. The van der Waals surface area contributed by atoms with Crippen molar-refractivity contribution in [1.29, 1.82) is 0 Å². The summed E-state index contributed by atoms with van der Waals surface area (Å²) in [4.78, 5) is 10.4. The fourth-order valence-corrected chi connectivity index (χ4v) is 2.93. The average molecular weight is 331 g/mol. The van der Waals surface area contributed by atoms with Gasteiger partial charge in [-0.1, -0.05) is 0 Å². The molecule has 1 aliphatic rings. The predicted octanol–water partition coefficient (Wildman–Crippen LogP) is 2.84. The van der Waals surface area contributed by atoms with Crippen LogP contribution < -0.4 is 5.32 Å². The first-order valence-electron chi connectivity index (χ1n) is 7.15. The lowest BCUT2D eigenvalue weighted by Gasteiger charge is -2.31. The predicted molar refractivity (Wildman–Crippen MR) is 92.5 cm³/mol. The molecule has 0 bridgehead atoms. The first-order chi connectivity index (χ1) is 9.35. The van der Waals surface area contributed by atoms with E-state index in [2.05, 4.69) is 38.4 Å². The molecule has 21 heavy (non-hydrogen) atoms. The maximum atomic E-state index is 4.68. The van der Waals surface area contributed by atoms with Crippen molar-refractivity contribution in [2.45, 2.75) is 19.4 Å². The molecule has 118 valence electrons. The van der Waals surface area contributed by atoms with Gasteiger partial charge in [0.15, 0.2) is 0 Å². The van der Waals surface area contributed by atoms with Gasteiger partial charge < -0.3 is 10.3 Å². The Morgan fingerprint density at radius 1 is 1.24 bits per heavy atom. The number of piperidine rings is 1. The van der Waals surface area contributed by atoms with Crippen LogP contribution in [0, 0.1) is 5.92 Å². The number of H-pyrrole nitrogens is 1. The second kappa shape index (κ2) is 8.59. The van der Waals surface area contributed by atoms with E-state index in [0.29, 0.717) is 0 Å². The molecule has 1 aliphatic heterocycles. The van der Waals surface area contributed by atoms with Gasteiger partial charge in [-0.3, -0.25) is 4.90 Å². The number of nitrogens with one attached hydrogen (secondary N) is 2. The Morgan fingerprint density at radius 3 is 2.71 bits per heavy atom. The van der Waals surface area contributed by atoms with Crippen molar-refractivity contribution < 1.29 is 0 Å². The summed E-state index contributed by atoms with van der Waals surface area (Å²) in [5.41, 5.74) is 2.17. The maximum absolute atomic E-state index is 4.68. The van der Waals surface area contributed by atoms with E-state index in [1.54, 1.807) is 0 Å². The monoisotopic (exact) mass is 330 g/mol. The molecule has 0 aliphatic carbocycles. The molecule has 1 saturated heterocycles. The van der Waals surface area contributed by atoms with Crippen LogP contribution in [0.4, 0.5) is 0 Å². The number of nitrogens with zero attached hydrogens (tertiary/aromatic N) is 2. The summed E-state index contributed by atoms with van der Waals surface area (Å²) in [5, 5.41) is 4.48. The van der Waals surface area contributed by atoms with Crippen LogP contribution in [0.5, 0.6) is 0 Å². The SMILES string of the molecule is CNCC1CCN(Cc2ccc3cc[nH]c3n2)CC1.Cl.Cl. The van der Waals surface area contributed by atoms with E-state index in [4.69, 9.17) is 0 Å². The number of pyridine rings is 1. The molecule has 0 spiro atoms. The summed E-state index contributed by atoms with van der Waals surface area (Å²) >= 11 is 0. The van der Waals surface area contributed by atoms with Crippen molar-refractivity contribution in [1.82, 2.24) is 20.2 Å². The van der Waals surface area contributed by atoms with Crippen molar-refractivity contribution in [2.24, 2.45) is 5.92 Å². The minimum Gasteiger partial charge on any atom is -0.346 e. The van der Waals surface area contributed by atoms with Crippen molar-refractivity contribution in [3.8, 4) is 0 Å². The highest BCUT2D eigenvalue weighted by molar-refractivity contribution is 5.85. The van der Waals surface area contributed by atoms with E-state index in [-0.39, 0.29) is 24.8 Å². The van der Waals surface area contributed by atoms with Gasteiger partial charge in [0.1, 0.15) is 5.65 Å². The van der Waals surface area contributed by atoms with E-state index in [0.717, 1.165) is 24.7 Å².